The summed E-state index contributed by atoms with van der Waals surface area (Å²) in [6.45, 7) is 2.38. The molecular weight excluding hydrogens is 232 g/mol. The summed E-state index contributed by atoms with van der Waals surface area (Å²) in [6, 6.07) is 11.3. The van der Waals surface area contributed by atoms with Crippen LogP contribution in [0.3, 0.4) is 0 Å². The monoisotopic (exact) mass is 258 g/mol. The third-order valence-corrected chi connectivity index (χ3v) is 5.26. The molecule has 0 radical (unpaired) electrons. The molecule has 1 aromatic rings. The lowest BCUT2D eigenvalue weighted by atomic mass is 9.77. The lowest BCUT2D eigenvalue weighted by Gasteiger charge is -2.44. The summed E-state index contributed by atoms with van der Waals surface area (Å²) >= 11 is 0. The number of hydrogen-bond acceptors (Lipinski definition) is 2. The van der Waals surface area contributed by atoms with E-state index in [9.17, 15) is 0 Å². The molecule has 2 aliphatic rings. The number of benzene rings is 1. The molecule has 2 heteroatoms. The number of hydrogen-bond donors (Lipinski definition) is 1. The van der Waals surface area contributed by atoms with Crippen molar-refractivity contribution in [3.8, 4) is 0 Å². The van der Waals surface area contributed by atoms with Crippen molar-refractivity contribution in [2.45, 2.75) is 56.5 Å². The number of nitrogens with zero attached hydrogens (tertiary/aromatic N) is 1. The second-order valence-corrected chi connectivity index (χ2v) is 6.28. The average Bonchev–Trinajstić information content (AvgIpc) is 2.76. The molecule has 1 heterocycles. The van der Waals surface area contributed by atoms with Gasteiger partial charge in [0, 0.05) is 24.7 Å². The Bertz CT molecular complexity index is 395. The van der Waals surface area contributed by atoms with Crippen molar-refractivity contribution in [2.75, 3.05) is 13.1 Å². The van der Waals surface area contributed by atoms with Gasteiger partial charge < -0.3 is 5.73 Å². The van der Waals surface area contributed by atoms with E-state index in [0.29, 0.717) is 11.6 Å². The maximum atomic E-state index is 6.46. The van der Waals surface area contributed by atoms with Gasteiger partial charge >= 0.3 is 0 Å². The molecule has 0 amide bonds. The van der Waals surface area contributed by atoms with E-state index in [-0.39, 0.29) is 0 Å². The Morgan fingerprint density at radius 1 is 1.11 bits per heavy atom. The third kappa shape index (κ3) is 2.56. The predicted octanol–water partition coefficient (Wildman–Crippen LogP) is 2.97. The fourth-order valence-electron chi connectivity index (χ4n) is 4.12. The van der Waals surface area contributed by atoms with E-state index in [2.05, 4.69) is 35.2 Å². The van der Waals surface area contributed by atoms with Crippen LogP contribution in [-0.2, 0) is 6.42 Å². The fourth-order valence-corrected chi connectivity index (χ4v) is 4.12. The quantitative estimate of drug-likeness (QED) is 0.903. The van der Waals surface area contributed by atoms with Gasteiger partial charge in [-0.1, -0.05) is 49.6 Å². The maximum Gasteiger partial charge on any atom is 0.0361 e. The first-order valence-corrected chi connectivity index (χ1v) is 7.86. The maximum absolute atomic E-state index is 6.46. The number of nitrogens with two attached hydrogens (primary N) is 1. The largest absolute Gasteiger partial charge is 0.326 e. The summed E-state index contributed by atoms with van der Waals surface area (Å²) in [7, 11) is 0. The van der Waals surface area contributed by atoms with E-state index in [1.165, 1.54) is 57.2 Å². The summed E-state index contributed by atoms with van der Waals surface area (Å²) in [5.74, 6) is 0. The second-order valence-electron chi connectivity index (χ2n) is 6.28. The first-order chi connectivity index (χ1) is 9.31. The van der Waals surface area contributed by atoms with Crippen molar-refractivity contribution < 1.29 is 0 Å². The molecule has 1 saturated heterocycles. The van der Waals surface area contributed by atoms with Gasteiger partial charge in [-0.05, 0) is 31.2 Å². The Labute approximate surface area is 117 Å². The molecule has 2 fully saturated rings. The van der Waals surface area contributed by atoms with Gasteiger partial charge in [0.05, 0.1) is 0 Å². The van der Waals surface area contributed by atoms with E-state index in [1.54, 1.807) is 0 Å². The van der Waals surface area contributed by atoms with Gasteiger partial charge in [0.2, 0.25) is 0 Å². The smallest absolute Gasteiger partial charge is 0.0361 e. The molecule has 1 saturated carbocycles. The molecule has 104 valence electrons. The van der Waals surface area contributed by atoms with Crippen molar-refractivity contribution in [1.82, 2.24) is 4.90 Å². The van der Waals surface area contributed by atoms with Crippen LogP contribution in [0.25, 0.3) is 0 Å². The van der Waals surface area contributed by atoms with Crippen LogP contribution in [0.4, 0.5) is 0 Å². The van der Waals surface area contributed by atoms with Gasteiger partial charge in [-0.2, -0.15) is 0 Å². The highest BCUT2D eigenvalue weighted by Crippen LogP contribution is 2.40. The molecule has 2 nitrogen and oxygen atoms in total. The van der Waals surface area contributed by atoms with Gasteiger partial charge in [-0.15, -0.1) is 0 Å². The van der Waals surface area contributed by atoms with E-state index >= 15 is 0 Å². The Morgan fingerprint density at radius 2 is 1.84 bits per heavy atom. The zero-order valence-electron chi connectivity index (χ0n) is 11.9. The molecule has 1 aliphatic heterocycles. The highest BCUT2D eigenvalue weighted by molar-refractivity contribution is 5.15. The van der Waals surface area contributed by atoms with Crippen LogP contribution >= 0.6 is 0 Å². The minimum atomic E-state index is 0.340. The lowest BCUT2D eigenvalue weighted by molar-refractivity contribution is 0.0821. The van der Waals surface area contributed by atoms with E-state index in [1.807, 2.05) is 0 Å². The summed E-state index contributed by atoms with van der Waals surface area (Å²) < 4.78 is 0. The van der Waals surface area contributed by atoms with Gasteiger partial charge in [-0.3, -0.25) is 4.90 Å². The fraction of sp³-hybridized carbons (Fsp3) is 0.647. The standard InChI is InChI=1S/C17H26N2/c18-16-10-14-19(17(16)11-5-2-6-12-17)13-9-15-7-3-1-4-8-15/h1,3-4,7-8,16H,2,5-6,9-14,18H2. The Kier molecular flexibility index (Phi) is 3.90. The highest BCUT2D eigenvalue weighted by atomic mass is 15.2. The van der Waals surface area contributed by atoms with E-state index in [4.69, 9.17) is 5.73 Å². The van der Waals surface area contributed by atoms with Gasteiger partial charge in [0.25, 0.3) is 0 Å². The van der Waals surface area contributed by atoms with Crippen LogP contribution in [0.2, 0.25) is 0 Å². The average molecular weight is 258 g/mol. The molecule has 1 aromatic carbocycles. The topological polar surface area (TPSA) is 29.3 Å². The predicted molar refractivity (Wildman–Crippen MR) is 80.1 cm³/mol. The Hall–Kier alpha value is -0.860. The van der Waals surface area contributed by atoms with Crippen molar-refractivity contribution >= 4 is 0 Å². The summed E-state index contributed by atoms with van der Waals surface area (Å²) in [5.41, 5.74) is 8.26. The normalized spacial score (nSPS) is 26.9. The van der Waals surface area contributed by atoms with Crippen LogP contribution in [0, 0.1) is 0 Å². The zero-order chi connectivity index (χ0) is 13.1. The van der Waals surface area contributed by atoms with Crippen molar-refractivity contribution in [3.63, 3.8) is 0 Å². The minimum absolute atomic E-state index is 0.340. The molecule has 1 aliphatic carbocycles. The van der Waals surface area contributed by atoms with Crippen LogP contribution in [0.5, 0.6) is 0 Å². The molecular formula is C17H26N2. The van der Waals surface area contributed by atoms with Gasteiger partial charge in [-0.25, -0.2) is 0 Å². The molecule has 1 unspecified atom stereocenters. The van der Waals surface area contributed by atoms with Crippen molar-refractivity contribution in [3.05, 3.63) is 35.9 Å². The highest BCUT2D eigenvalue weighted by Gasteiger charge is 2.46. The number of likely N-dealkylation sites (tertiary alicyclic amines) is 1. The molecule has 19 heavy (non-hydrogen) atoms. The Morgan fingerprint density at radius 3 is 2.58 bits per heavy atom. The van der Waals surface area contributed by atoms with Crippen LogP contribution in [0.15, 0.2) is 30.3 Å². The first kappa shape index (κ1) is 13.1. The van der Waals surface area contributed by atoms with Crippen molar-refractivity contribution in [1.29, 1.82) is 0 Å². The first-order valence-electron chi connectivity index (χ1n) is 7.86. The van der Waals surface area contributed by atoms with E-state index in [0.717, 1.165) is 6.42 Å². The summed E-state index contributed by atoms with van der Waals surface area (Å²) in [4.78, 5) is 2.71. The Balaban J connectivity index is 1.66. The molecule has 1 spiro atoms. The van der Waals surface area contributed by atoms with Crippen LogP contribution < -0.4 is 5.73 Å². The minimum Gasteiger partial charge on any atom is -0.326 e. The van der Waals surface area contributed by atoms with Crippen LogP contribution in [-0.4, -0.2) is 29.6 Å². The van der Waals surface area contributed by atoms with Gasteiger partial charge in [0.1, 0.15) is 0 Å². The molecule has 2 N–H and O–H groups in total. The zero-order valence-corrected chi connectivity index (χ0v) is 11.9. The van der Waals surface area contributed by atoms with Crippen molar-refractivity contribution in [2.24, 2.45) is 5.73 Å². The van der Waals surface area contributed by atoms with E-state index < -0.39 is 0 Å². The molecule has 0 bridgehead atoms. The van der Waals surface area contributed by atoms with Gasteiger partial charge in [0.15, 0.2) is 0 Å². The molecule has 1 atom stereocenters. The molecule has 3 rings (SSSR count). The lowest BCUT2D eigenvalue weighted by Crippen LogP contribution is -2.55. The molecule has 0 aromatic heterocycles. The summed E-state index contributed by atoms with van der Waals surface area (Å²) in [5, 5.41) is 0. The second kappa shape index (κ2) is 5.64. The van der Waals surface area contributed by atoms with Crippen LogP contribution in [0.1, 0.15) is 44.1 Å². The SMILES string of the molecule is NC1CCN(CCc2ccccc2)C12CCCCC2. The number of rotatable bonds is 3. The summed E-state index contributed by atoms with van der Waals surface area (Å²) in [6.07, 6.45) is 9.14. The third-order valence-electron chi connectivity index (χ3n) is 5.26.